The Morgan fingerprint density at radius 3 is 2.35 bits per heavy atom. The van der Waals surface area contributed by atoms with Crippen LogP contribution in [0.5, 0.6) is 11.5 Å². The molecule has 1 saturated heterocycles. The summed E-state index contributed by atoms with van der Waals surface area (Å²) in [5.41, 5.74) is 1.71. The van der Waals surface area contributed by atoms with Crippen molar-refractivity contribution in [2.24, 2.45) is 0 Å². The maximum atomic E-state index is 13.8. The first-order valence-corrected chi connectivity index (χ1v) is 11.2. The maximum Gasteiger partial charge on any atom is 0.263 e. The number of benzene rings is 2. The Morgan fingerprint density at radius 1 is 1.00 bits per heavy atom. The van der Waals surface area contributed by atoms with Crippen LogP contribution in [0.15, 0.2) is 54.6 Å². The molecule has 9 heteroatoms. The van der Waals surface area contributed by atoms with Crippen LogP contribution in [0.4, 0.5) is 14.6 Å². The average Bonchev–Trinajstić information content (AvgIpc) is 2.86. The quantitative estimate of drug-likeness (QED) is 0.523. The predicted octanol–water partition coefficient (Wildman–Crippen LogP) is 3.94. The minimum absolute atomic E-state index is 0.149. The molecule has 0 radical (unpaired) electrons. The average molecular weight is 469 g/mol. The number of ether oxygens (including phenoxy) is 2. The van der Waals surface area contributed by atoms with Crippen LogP contribution < -0.4 is 14.4 Å². The van der Waals surface area contributed by atoms with Crippen LogP contribution in [-0.4, -0.2) is 59.9 Å². The molecule has 2 heterocycles. The van der Waals surface area contributed by atoms with E-state index in [-0.39, 0.29) is 11.7 Å². The smallest absolute Gasteiger partial charge is 0.263 e. The van der Waals surface area contributed by atoms with Crippen LogP contribution >= 0.6 is 0 Å². The van der Waals surface area contributed by atoms with Crippen molar-refractivity contribution in [3.05, 3.63) is 66.2 Å². The summed E-state index contributed by atoms with van der Waals surface area (Å²) in [4.78, 5) is 16.5. The molecule has 1 fully saturated rings. The number of amides is 1. The highest BCUT2D eigenvalue weighted by molar-refractivity contribution is 5.81. The molecule has 178 valence electrons. The summed E-state index contributed by atoms with van der Waals surface area (Å²) in [7, 11) is 0. The van der Waals surface area contributed by atoms with E-state index in [9.17, 15) is 13.6 Å². The van der Waals surface area contributed by atoms with Gasteiger partial charge in [-0.05, 0) is 62.4 Å². The third-order valence-corrected chi connectivity index (χ3v) is 5.57. The van der Waals surface area contributed by atoms with Gasteiger partial charge in [0.2, 0.25) is 0 Å². The first-order valence-electron chi connectivity index (χ1n) is 11.2. The second-order valence-electron chi connectivity index (χ2n) is 7.88. The van der Waals surface area contributed by atoms with Gasteiger partial charge < -0.3 is 19.3 Å². The van der Waals surface area contributed by atoms with Gasteiger partial charge in [0, 0.05) is 37.8 Å². The van der Waals surface area contributed by atoms with E-state index in [1.165, 1.54) is 6.07 Å². The molecule has 0 bridgehead atoms. The van der Waals surface area contributed by atoms with Crippen molar-refractivity contribution < 1.29 is 23.0 Å². The number of anilines is 1. The number of hydrogen-bond acceptors (Lipinski definition) is 6. The van der Waals surface area contributed by atoms with Crippen LogP contribution in [0.1, 0.15) is 13.8 Å². The van der Waals surface area contributed by atoms with E-state index in [1.807, 2.05) is 43.3 Å². The fourth-order valence-electron chi connectivity index (χ4n) is 3.76. The van der Waals surface area contributed by atoms with E-state index in [0.717, 1.165) is 35.0 Å². The molecular formula is C25H26F2N4O3. The van der Waals surface area contributed by atoms with Gasteiger partial charge in [-0.1, -0.05) is 0 Å². The predicted molar refractivity (Wildman–Crippen MR) is 124 cm³/mol. The molecule has 7 nitrogen and oxygen atoms in total. The van der Waals surface area contributed by atoms with Crippen molar-refractivity contribution >= 4 is 11.7 Å². The van der Waals surface area contributed by atoms with Gasteiger partial charge in [0.25, 0.3) is 5.91 Å². The minimum Gasteiger partial charge on any atom is -0.494 e. The lowest BCUT2D eigenvalue weighted by molar-refractivity contribution is -0.138. The van der Waals surface area contributed by atoms with Gasteiger partial charge in [-0.15, -0.1) is 10.2 Å². The number of nitrogens with zero attached hydrogens (tertiary/aromatic N) is 4. The number of hydrogen-bond donors (Lipinski definition) is 0. The highest BCUT2D eigenvalue weighted by Gasteiger charge is 2.27. The minimum atomic E-state index is -0.889. The molecule has 0 aliphatic carbocycles. The molecule has 2 aromatic carbocycles. The Bertz CT molecular complexity index is 1120. The SMILES string of the molecule is CCOc1ccc(-c2ccc(N3CCN(C(=O)C(C)Oc4ccc(F)cc4F)CC3)nn2)cc1. The van der Waals surface area contributed by atoms with Crippen LogP contribution in [0.2, 0.25) is 0 Å². The summed E-state index contributed by atoms with van der Waals surface area (Å²) in [5, 5.41) is 8.71. The van der Waals surface area contributed by atoms with Crippen molar-refractivity contribution in [3.8, 4) is 22.8 Å². The molecule has 0 N–H and O–H groups in total. The molecule has 1 aliphatic heterocycles. The van der Waals surface area contributed by atoms with Crippen molar-refractivity contribution in [2.45, 2.75) is 20.0 Å². The van der Waals surface area contributed by atoms with Crippen LogP contribution in [-0.2, 0) is 4.79 Å². The van der Waals surface area contributed by atoms with Gasteiger partial charge in [-0.25, -0.2) is 8.78 Å². The summed E-state index contributed by atoms with van der Waals surface area (Å²) < 4.78 is 37.8. The van der Waals surface area contributed by atoms with E-state index in [2.05, 4.69) is 15.1 Å². The molecule has 0 spiro atoms. The Labute approximate surface area is 196 Å². The van der Waals surface area contributed by atoms with E-state index in [0.29, 0.717) is 32.8 Å². The molecule has 34 heavy (non-hydrogen) atoms. The van der Waals surface area contributed by atoms with E-state index in [1.54, 1.807) is 11.8 Å². The largest absolute Gasteiger partial charge is 0.494 e. The van der Waals surface area contributed by atoms with Crippen molar-refractivity contribution in [1.82, 2.24) is 15.1 Å². The second kappa shape index (κ2) is 10.5. The lowest BCUT2D eigenvalue weighted by atomic mass is 10.1. The normalized spacial score (nSPS) is 14.6. The highest BCUT2D eigenvalue weighted by atomic mass is 19.1. The summed E-state index contributed by atoms with van der Waals surface area (Å²) in [6.07, 6.45) is -0.889. The number of aromatic nitrogens is 2. The van der Waals surface area contributed by atoms with Crippen LogP contribution in [0.3, 0.4) is 0 Å². The first-order chi connectivity index (χ1) is 16.4. The lowest BCUT2D eigenvalue weighted by Gasteiger charge is -2.36. The fraction of sp³-hybridized carbons (Fsp3) is 0.320. The Hall–Kier alpha value is -3.75. The van der Waals surface area contributed by atoms with E-state index in [4.69, 9.17) is 9.47 Å². The van der Waals surface area contributed by atoms with Crippen molar-refractivity contribution in [3.63, 3.8) is 0 Å². The van der Waals surface area contributed by atoms with E-state index < -0.39 is 17.7 Å². The van der Waals surface area contributed by atoms with Gasteiger partial charge in [-0.3, -0.25) is 4.79 Å². The summed E-state index contributed by atoms with van der Waals surface area (Å²) >= 11 is 0. The summed E-state index contributed by atoms with van der Waals surface area (Å²) in [5.74, 6) is -0.387. The van der Waals surface area contributed by atoms with Gasteiger partial charge >= 0.3 is 0 Å². The molecular weight excluding hydrogens is 442 g/mol. The molecule has 1 unspecified atom stereocenters. The molecule has 1 atom stereocenters. The van der Waals surface area contributed by atoms with Crippen LogP contribution in [0.25, 0.3) is 11.3 Å². The standard InChI is InChI=1S/C25H26F2N4O3/c1-3-33-20-7-4-18(5-8-20)22-9-11-24(29-28-22)30-12-14-31(15-13-30)25(32)17(2)34-23-10-6-19(26)16-21(23)27/h4-11,16-17H,3,12-15H2,1-2H3. The zero-order valence-electron chi connectivity index (χ0n) is 19.1. The number of rotatable bonds is 7. The maximum absolute atomic E-state index is 13.8. The van der Waals surface area contributed by atoms with Gasteiger partial charge in [-0.2, -0.15) is 0 Å². The van der Waals surface area contributed by atoms with Gasteiger partial charge in [0.1, 0.15) is 11.6 Å². The first kappa shape index (κ1) is 23.4. The summed E-state index contributed by atoms with van der Waals surface area (Å²) in [6, 6.07) is 14.5. The third-order valence-electron chi connectivity index (χ3n) is 5.57. The molecule has 1 aromatic heterocycles. The second-order valence-corrected chi connectivity index (χ2v) is 7.88. The van der Waals surface area contributed by atoms with Crippen molar-refractivity contribution in [1.29, 1.82) is 0 Å². The Morgan fingerprint density at radius 2 is 1.74 bits per heavy atom. The van der Waals surface area contributed by atoms with Gasteiger partial charge in [0.05, 0.1) is 12.3 Å². The lowest BCUT2D eigenvalue weighted by Crippen LogP contribution is -2.52. The van der Waals surface area contributed by atoms with Crippen molar-refractivity contribution in [2.75, 3.05) is 37.7 Å². The fourth-order valence-corrected chi connectivity index (χ4v) is 3.76. The number of carbonyl (C=O) groups excluding carboxylic acids is 1. The third kappa shape index (κ3) is 5.41. The zero-order valence-corrected chi connectivity index (χ0v) is 19.1. The Kier molecular flexibility index (Phi) is 7.20. The highest BCUT2D eigenvalue weighted by Crippen LogP contribution is 2.23. The summed E-state index contributed by atoms with van der Waals surface area (Å²) in [6.45, 7) is 6.23. The van der Waals surface area contributed by atoms with Crippen LogP contribution in [0, 0.1) is 11.6 Å². The molecule has 0 saturated carbocycles. The number of carbonyl (C=O) groups is 1. The van der Waals surface area contributed by atoms with Gasteiger partial charge in [0.15, 0.2) is 23.5 Å². The molecule has 1 amide bonds. The Balaban J connectivity index is 1.31. The number of halogens is 2. The topological polar surface area (TPSA) is 67.8 Å². The molecule has 3 aromatic rings. The monoisotopic (exact) mass is 468 g/mol. The zero-order chi connectivity index (χ0) is 24.1. The molecule has 1 aliphatic rings. The molecule has 4 rings (SSSR count). The number of piperazine rings is 1. The van der Waals surface area contributed by atoms with E-state index >= 15 is 0 Å².